The minimum atomic E-state index is -0.200. The summed E-state index contributed by atoms with van der Waals surface area (Å²) >= 11 is 0. The number of aromatic nitrogens is 3. The molecule has 6 rings (SSSR count). The van der Waals surface area contributed by atoms with Gasteiger partial charge in [0, 0.05) is 0 Å². The number of nitrogens with one attached hydrogen (secondary N) is 1. The molecule has 0 unspecified atom stereocenters. The SMILES string of the molecule is O=C(Nc1nc2ccc(O)cn2n1)C12CC3CC(CC(C3)C1)C2. The Kier molecular flexibility index (Phi) is 2.59. The van der Waals surface area contributed by atoms with E-state index in [9.17, 15) is 9.90 Å². The molecule has 4 bridgehead atoms. The molecule has 6 nitrogen and oxygen atoms in total. The van der Waals surface area contributed by atoms with Crippen LogP contribution in [-0.2, 0) is 4.79 Å². The van der Waals surface area contributed by atoms with Gasteiger partial charge in [-0.3, -0.25) is 10.1 Å². The van der Waals surface area contributed by atoms with E-state index >= 15 is 0 Å². The lowest BCUT2D eigenvalue weighted by atomic mass is 9.49. The van der Waals surface area contributed by atoms with Crippen molar-refractivity contribution in [1.29, 1.82) is 0 Å². The lowest BCUT2D eigenvalue weighted by Crippen LogP contribution is -2.51. The molecule has 2 aromatic rings. The minimum absolute atomic E-state index is 0.0942. The molecule has 0 atom stereocenters. The normalized spacial score (nSPS) is 34.9. The number of nitrogens with zero attached hydrogens (tertiary/aromatic N) is 3. The number of fused-ring (bicyclic) bond motifs is 1. The van der Waals surface area contributed by atoms with Crippen molar-refractivity contribution in [3.05, 3.63) is 18.3 Å². The number of amides is 1. The number of hydrogen-bond donors (Lipinski definition) is 2. The van der Waals surface area contributed by atoms with Gasteiger partial charge in [0.2, 0.25) is 11.9 Å². The average Bonchev–Trinajstić information content (AvgIpc) is 2.87. The van der Waals surface area contributed by atoms with Gasteiger partial charge in [0.05, 0.1) is 11.6 Å². The smallest absolute Gasteiger partial charge is 0.249 e. The van der Waals surface area contributed by atoms with Gasteiger partial charge in [-0.2, -0.15) is 4.98 Å². The number of anilines is 1. The Morgan fingerprint density at radius 2 is 1.83 bits per heavy atom. The third-order valence-corrected chi connectivity index (χ3v) is 6.06. The third-order valence-electron chi connectivity index (χ3n) is 6.06. The molecule has 0 aromatic carbocycles. The fraction of sp³-hybridized carbons (Fsp3) is 0.588. The standard InChI is InChI=1S/C17H20N4O2/c22-13-1-2-14-18-16(20-21(14)9-13)19-15(23)17-6-10-3-11(7-17)5-12(4-10)8-17/h1-2,9-12,22H,3-8H2,(H,19,20,23). The molecule has 1 amide bonds. The number of carbonyl (C=O) groups excluding carboxylic acids is 1. The van der Waals surface area contributed by atoms with Crippen LogP contribution >= 0.6 is 0 Å². The van der Waals surface area contributed by atoms with E-state index in [-0.39, 0.29) is 17.1 Å². The second-order valence-electron chi connectivity index (χ2n) is 7.78. The minimum Gasteiger partial charge on any atom is -0.506 e. The van der Waals surface area contributed by atoms with Crippen molar-refractivity contribution < 1.29 is 9.90 Å². The Labute approximate surface area is 133 Å². The van der Waals surface area contributed by atoms with E-state index in [1.165, 1.54) is 30.0 Å². The quantitative estimate of drug-likeness (QED) is 0.893. The van der Waals surface area contributed by atoms with Crippen molar-refractivity contribution in [3.63, 3.8) is 0 Å². The van der Waals surface area contributed by atoms with Crippen molar-refractivity contribution in [2.24, 2.45) is 23.2 Å². The van der Waals surface area contributed by atoms with Gasteiger partial charge in [0.25, 0.3) is 0 Å². The summed E-state index contributed by atoms with van der Waals surface area (Å²) in [6.07, 6.45) is 8.52. The number of carbonyl (C=O) groups is 1. The second kappa shape index (κ2) is 4.46. The predicted octanol–water partition coefficient (Wildman–Crippen LogP) is 2.59. The second-order valence-corrected chi connectivity index (χ2v) is 7.78. The summed E-state index contributed by atoms with van der Waals surface area (Å²) < 4.78 is 1.49. The van der Waals surface area contributed by atoms with Gasteiger partial charge in [-0.25, -0.2) is 4.52 Å². The highest BCUT2D eigenvalue weighted by molar-refractivity contribution is 5.94. The summed E-state index contributed by atoms with van der Waals surface area (Å²) in [4.78, 5) is 17.3. The zero-order valence-corrected chi connectivity index (χ0v) is 12.9. The predicted molar refractivity (Wildman–Crippen MR) is 83.9 cm³/mol. The molecule has 6 heteroatoms. The lowest BCUT2D eigenvalue weighted by molar-refractivity contribution is -0.140. The van der Waals surface area contributed by atoms with Crippen LogP contribution in [0.5, 0.6) is 5.75 Å². The third kappa shape index (κ3) is 2.04. The zero-order valence-electron chi connectivity index (χ0n) is 12.9. The first kappa shape index (κ1) is 13.3. The van der Waals surface area contributed by atoms with Gasteiger partial charge in [-0.1, -0.05) is 0 Å². The summed E-state index contributed by atoms with van der Waals surface area (Å²) in [6.45, 7) is 0. The van der Waals surface area contributed by atoms with E-state index in [0.29, 0.717) is 11.6 Å². The number of rotatable bonds is 2. The van der Waals surface area contributed by atoms with Crippen LogP contribution in [0.25, 0.3) is 5.65 Å². The van der Waals surface area contributed by atoms with Gasteiger partial charge in [-0.15, -0.1) is 5.10 Å². The van der Waals surface area contributed by atoms with Crippen molar-refractivity contribution in [1.82, 2.24) is 14.6 Å². The van der Waals surface area contributed by atoms with Gasteiger partial charge in [-0.05, 0) is 68.4 Å². The van der Waals surface area contributed by atoms with E-state index in [0.717, 1.165) is 37.0 Å². The molecule has 2 N–H and O–H groups in total. The Hall–Kier alpha value is -2.11. The summed E-state index contributed by atoms with van der Waals surface area (Å²) in [5.74, 6) is 2.75. The summed E-state index contributed by atoms with van der Waals surface area (Å²) in [7, 11) is 0. The fourth-order valence-electron chi connectivity index (χ4n) is 5.55. The van der Waals surface area contributed by atoms with Gasteiger partial charge >= 0.3 is 0 Å². The van der Waals surface area contributed by atoms with E-state index < -0.39 is 0 Å². The maximum Gasteiger partial charge on any atom is 0.249 e. The topological polar surface area (TPSA) is 79.5 Å². The Morgan fingerprint density at radius 3 is 2.48 bits per heavy atom. The highest BCUT2D eigenvalue weighted by Gasteiger charge is 2.54. The molecule has 2 aromatic heterocycles. The molecule has 120 valence electrons. The molecule has 0 spiro atoms. The van der Waals surface area contributed by atoms with Crippen LogP contribution in [0, 0.1) is 23.2 Å². The summed E-state index contributed by atoms with van der Waals surface area (Å²) in [5.41, 5.74) is 0.414. The Balaban J connectivity index is 1.42. The number of hydrogen-bond acceptors (Lipinski definition) is 4. The first-order chi connectivity index (χ1) is 11.1. The van der Waals surface area contributed by atoms with Crippen LogP contribution in [0.1, 0.15) is 38.5 Å². The number of aromatic hydroxyl groups is 1. The van der Waals surface area contributed by atoms with Gasteiger partial charge < -0.3 is 5.11 Å². The van der Waals surface area contributed by atoms with E-state index in [4.69, 9.17) is 0 Å². The van der Waals surface area contributed by atoms with Crippen molar-refractivity contribution in [2.45, 2.75) is 38.5 Å². The first-order valence-corrected chi connectivity index (χ1v) is 8.46. The maximum absolute atomic E-state index is 13.0. The van der Waals surface area contributed by atoms with Crippen molar-refractivity contribution >= 4 is 17.5 Å². The van der Waals surface area contributed by atoms with Crippen LogP contribution in [0.4, 0.5) is 5.95 Å². The molecule has 2 heterocycles. The summed E-state index contributed by atoms with van der Waals surface area (Å²) in [6, 6.07) is 3.25. The van der Waals surface area contributed by atoms with Crippen LogP contribution in [0.3, 0.4) is 0 Å². The van der Waals surface area contributed by atoms with Gasteiger partial charge in [0.15, 0.2) is 5.65 Å². The summed E-state index contributed by atoms with van der Waals surface area (Å²) in [5, 5.41) is 16.7. The Morgan fingerprint density at radius 1 is 1.17 bits per heavy atom. The van der Waals surface area contributed by atoms with E-state index in [1.54, 1.807) is 12.1 Å². The highest BCUT2D eigenvalue weighted by atomic mass is 16.3. The van der Waals surface area contributed by atoms with E-state index in [1.807, 2.05) is 0 Å². The fourth-order valence-corrected chi connectivity index (χ4v) is 5.55. The van der Waals surface area contributed by atoms with Crippen LogP contribution in [-0.4, -0.2) is 25.6 Å². The number of pyridine rings is 1. The molecule has 4 fully saturated rings. The molecule has 0 radical (unpaired) electrons. The lowest BCUT2D eigenvalue weighted by Gasteiger charge is -2.55. The van der Waals surface area contributed by atoms with Crippen molar-refractivity contribution in [2.75, 3.05) is 5.32 Å². The molecule has 4 aliphatic rings. The molecule has 4 saturated carbocycles. The average molecular weight is 312 g/mol. The molecule has 0 saturated heterocycles. The Bertz CT molecular complexity index is 762. The largest absolute Gasteiger partial charge is 0.506 e. The van der Waals surface area contributed by atoms with Crippen molar-refractivity contribution in [3.8, 4) is 5.75 Å². The maximum atomic E-state index is 13.0. The monoisotopic (exact) mass is 312 g/mol. The highest BCUT2D eigenvalue weighted by Crippen LogP contribution is 2.60. The zero-order chi connectivity index (χ0) is 15.6. The first-order valence-electron chi connectivity index (χ1n) is 8.46. The van der Waals surface area contributed by atoms with E-state index in [2.05, 4.69) is 15.4 Å². The van der Waals surface area contributed by atoms with Crippen LogP contribution < -0.4 is 5.32 Å². The molecule has 4 aliphatic carbocycles. The van der Waals surface area contributed by atoms with Crippen LogP contribution in [0.15, 0.2) is 18.3 Å². The molecule has 23 heavy (non-hydrogen) atoms. The molecule has 0 aliphatic heterocycles. The molecular weight excluding hydrogens is 292 g/mol. The van der Waals surface area contributed by atoms with Crippen LogP contribution in [0.2, 0.25) is 0 Å². The molecular formula is C17H20N4O2. The van der Waals surface area contributed by atoms with Gasteiger partial charge in [0.1, 0.15) is 5.75 Å².